The van der Waals surface area contributed by atoms with Crippen molar-refractivity contribution in [2.75, 3.05) is 19.7 Å². The topological polar surface area (TPSA) is 102 Å². The number of sulfonamides is 1. The summed E-state index contributed by atoms with van der Waals surface area (Å²) in [5, 5.41) is 2.58. The van der Waals surface area contributed by atoms with Gasteiger partial charge in [-0.25, -0.2) is 13.1 Å². The predicted octanol–water partition coefficient (Wildman–Crippen LogP) is 3.92. The number of rotatable bonds is 11. The maximum atomic E-state index is 12.3. The van der Waals surface area contributed by atoms with Gasteiger partial charge < -0.3 is 10.1 Å². The molecule has 0 saturated heterocycles. The zero-order valence-corrected chi connectivity index (χ0v) is 20.0. The van der Waals surface area contributed by atoms with Crippen LogP contribution in [-0.4, -0.2) is 39.8 Å². The molecule has 172 valence electrons. The molecule has 2 rings (SSSR count). The van der Waals surface area contributed by atoms with Crippen molar-refractivity contribution < 1.29 is 22.7 Å². The summed E-state index contributed by atoms with van der Waals surface area (Å²) in [6.07, 6.45) is 0.479. The van der Waals surface area contributed by atoms with Crippen molar-refractivity contribution in [3.63, 3.8) is 0 Å². The first-order chi connectivity index (χ1) is 15.1. The number of halogens is 2. The third kappa shape index (κ3) is 6.80. The number of amides is 1. The summed E-state index contributed by atoms with van der Waals surface area (Å²) in [7, 11) is -3.66. The monoisotopic (exact) mass is 498 g/mol. The van der Waals surface area contributed by atoms with Crippen molar-refractivity contribution in [2.24, 2.45) is 0 Å². The lowest BCUT2D eigenvalue weighted by molar-refractivity contribution is -0.123. The summed E-state index contributed by atoms with van der Waals surface area (Å²) < 4.78 is 32.2. The molecule has 0 bridgehead atoms. The quantitative estimate of drug-likeness (QED) is 0.277. The first-order valence-electron chi connectivity index (χ1n) is 9.73. The second-order valence-electron chi connectivity index (χ2n) is 6.87. The van der Waals surface area contributed by atoms with Crippen LogP contribution in [0.15, 0.2) is 53.4 Å². The van der Waals surface area contributed by atoms with Gasteiger partial charge in [-0.15, -0.1) is 0 Å². The average Bonchev–Trinajstić information content (AvgIpc) is 2.77. The molecule has 0 saturated carbocycles. The molecule has 0 aliphatic rings. The van der Waals surface area contributed by atoms with Gasteiger partial charge in [0, 0.05) is 18.7 Å². The average molecular weight is 499 g/mol. The van der Waals surface area contributed by atoms with Crippen LogP contribution in [0.3, 0.4) is 0 Å². The van der Waals surface area contributed by atoms with Crippen molar-refractivity contribution in [3.05, 3.63) is 69.7 Å². The summed E-state index contributed by atoms with van der Waals surface area (Å²) in [6, 6.07) is 9.34. The Bertz CT molecular complexity index is 1120. The first kappa shape index (κ1) is 25.9. The van der Waals surface area contributed by atoms with Crippen molar-refractivity contribution in [2.45, 2.75) is 25.2 Å². The van der Waals surface area contributed by atoms with E-state index in [9.17, 15) is 18.0 Å². The van der Waals surface area contributed by atoms with Gasteiger partial charge in [-0.1, -0.05) is 54.4 Å². The van der Waals surface area contributed by atoms with Crippen LogP contribution in [0.2, 0.25) is 10.0 Å². The fourth-order valence-electron chi connectivity index (χ4n) is 2.55. The molecule has 32 heavy (non-hydrogen) atoms. The molecule has 0 fully saturated rings. The van der Waals surface area contributed by atoms with Crippen LogP contribution in [0.25, 0.3) is 0 Å². The van der Waals surface area contributed by atoms with E-state index in [1.54, 1.807) is 19.1 Å². The lowest BCUT2D eigenvalue weighted by Crippen LogP contribution is -2.36. The minimum atomic E-state index is -3.66. The largest absolute Gasteiger partial charge is 0.482 e. The van der Waals surface area contributed by atoms with Gasteiger partial charge in [0.1, 0.15) is 10.8 Å². The van der Waals surface area contributed by atoms with Gasteiger partial charge in [-0.3, -0.25) is 9.59 Å². The minimum absolute atomic E-state index is 0.00660. The number of hydrogen-bond acceptors (Lipinski definition) is 5. The molecule has 0 atom stereocenters. The Balaban J connectivity index is 1.84. The van der Waals surface area contributed by atoms with E-state index in [1.807, 2.05) is 6.92 Å². The minimum Gasteiger partial charge on any atom is -0.482 e. The van der Waals surface area contributed by atoms with Gasteiger partial charge >= 0.3 is 0 Å². The number of aryl methyl sites for hydroxylation is 1. The number of allylic oxidation sites excluding steroid dienone is 1. The molecule has 2 aromatic rings. The van der Waals surface area contributed by atoms with Crippen LogP contribution in [0.4, 0.5) is 0 Å². The summed E-state index contributed by atoms with van der Waals surface area (Å²) in [5.41, 5.74) is 1.56. The normalized spacial score (nSPS) is 11.1. The van der Waals surface area contributed by atoms with E-state index < -0.39 is 15.9 Å². The predicted molar refractivity (Wildman–Crippen MR) is 125 cm³/mol. The van der Waals surface area contributed by atoms with Crippen molar-refractivity contribution in [1.29, 1.82) is 0 Å². The highest BCUT2D eigenvalue weighted by atomic mass is 35.5. The molecule has 0 aromatic heterocycles. The summed E-state index contributed by atoms with van der Waals surface area (Å²) in [5.74, 6) is -0.645. The zero-order valence-electron chi connectivity index (χ0n) is 17.7. The van der Waals surface area contributed by atoms with E-state index in [-0.39, 0.29) is 51.7 Å². The van der Waals surface area contributed by atoms with Gasteiger partial charge in [0.25, 0.3) is 5.91 Å². The Morgan fingerprint density at radius 2 is 1.69 bits per heavy atom. The van der Waals surface area contributed by atoms with E-state index >= 15 is 0 Å². The second kappa shape index (κ2) is 11.5. The van der Waals surface area contributed by atoms with Crippen LogP contribution in [0.5, 0.6) is 5.75 Å². The van der Waals surface area contributed by atoms with Gasteiger partial charge in [0.2, 0.25) is 10.0 Å². The molecule has 2 aromatic carbocycles. The molecule has 0 aliphatic heterocycles. The molecule has 0 heterocycles. The fourth-order valence-corrected chi connectivity index (χ4v) is 4.05. The molecule has 1 amide bonds. The molecule has 2 N–H and O–H groups in total. The van der Waals surface area contributed by atoms with E-state index in [2.05, 4.69) is 16.6 Å². The highest BCUT2D eigenvalue weighted by molar-refractivity contribution is 7.89. The van der Waals surface area contributed by atoms with E-state index in [0.717, 1.165) is 5.56 Å². The Morgan fingerprint density at radius 1 is 1.03 bits per heavy atom. The molecule has 0 aliphatic carbocycles. The number of benzene rings is 2. The number of carbonyl (C=O) groups is 2. The molecule has 7 nitrogen and oxygen atoms in total. The second-order valence-corrected chi connectivity index (χ2v) is 9.40. The third-order valence-electron chi connectivity index (χ3n) is 4.47. The number of carbonyl (C=O) groups excluding carboxylic acids is 2. The molecule has 0 unspecified atom stereocenters. The Morgan fingerprint density at radius 3 is 2.31 bits per heavy atom. The van der Waals surface area contributed by atoms with Crippen LogP contribution < -0.4 is 14.8 Å². The first-order valence-corrected chi connectivity index (χ1v) is 12.0. The molecular formula is C22H24Cl2N2O5S. The Labute approximate surface area is 197 Å². The molecule has 0 spiro atoms. The van der Waals surface area contributed by atoms with Crippen molar-refractivity contribution in [1.82, 2.24) is 10.0 Å². The highest BCUT2D eigenvalue weighted by Crippen LogP contribution is 2.35. The van der Waals surface area contributed by atoms with Crippen LogP contribution in [0.1, 0.15) is 29.3 Å². The van der Waals surface area contributed by atoms with Crippen LogP contribution >= 0.6 is 23.2 Å². The molecule has 0 radical (unpaired) electrons. The summed E-state index contributed by atoms with van der Waals surface area (Å²) in [4.78, 5) is 24.4. The Hall–Kier alpha value is -2.39. The lowest BCUT2D eigenvalue weighted by atomic mass is 10.0. The SMILES string of the molecule is C=C(CC)C(=O)c1ccc(OCC(=O)NCCNS(=O)(=O)c2ccc(C)cc2)c(Cl)c1Cl. The van der Waals surface area contributed by atoms with Crippen LogP contribution in [0, 0.1) is 6.92 Å². The van der Waals surface area contributed by atoms with Gasteiger partial charge in [0.15, 0.2) is 12.4 Å². The molecular weight excluding hydrogens is 475 g/mol. The highest BCUT2D eigenvalue weighted by Gasteiger charge is 2.18. The third-order valence-corrected chi connectivity index (χ3v) is 6.81. The fraction of sp³-hybridized carbons (Fsp3) is 0.273. The summed E-state index contributed by atoms with van der Waals surface area (Å²) in [6.45, 7) is 7.07. The number of ether oxygens (including phenoxy) is 1. The summed E-state index contributed by atoms with van der Waals surface area (Å²) >= 11 is 12.3. The van der Waals surface area contributed by atoms with Crippen molar-refractivity contribution in [3.8, 4) is 5.75 Å². The molecule has 10 heteroatoms. The smallest absolute Gasteiger partial charge is 0.257 e. The lowest BCUT2D eigenvalue weighted by Gasteiger charge is -2.12. The number of hydrogen-bond donors (Lipinski definition) is 2. The maximum Gasteiger partial charge on any atom is 0.257 e. The zero-order chi connectivity index (χ0) is 23.9. The van der Waals surface area contributed by atoms with Gasteiger partial charge in [-0.2, -0.15) is 0 Å². The van der Waals surface area contributed by atoms with E-state index in [0.29, 0.717) is 12.0 Å². The van der Waals surface area contributed by atoms with Crippen molar-refractivity contribution >= 4 is 44.9 Å². The van der Waals surface area contributed by atoms with Gasteiger partial charge in [-0.05, 0) is 43.2 Å². The number of nitrogens with one attached hydrogen (secondary N) is 2. The maximum absolute atomic E-state index is 12.3. The van der Waals surface area contributed by atoms with E-state index in [1.165, 1.54) is 24.3 Å². The number of ketones is 1. The van der Waals surface area contributed by atoms with Gasteiger partial charge in [0.05, 0.1) is 9.92 Å². The standard InChI is InChI=1S/C22H24Cl2N2O5S/c1-4-15(3)22(28)17-9-10-18(21(24)20(17)23)31-13-19(27)25-11-12-26-32(29,30)16-7-5-14(2)6-8-16/h5-10,26H,3-4,11-13H2,1-2H3,(H,25,27). The van der Waals surface area contributed by atoms with Crippen LogP contribution in [-0.2, 0) is 14.8 Å². The number of Topliss-reactive ketones (excluding diaryl/α,β-unsaturated/α-hetero) is 1. The Kier molecular flexibility index (Phi) is 9.27. The van der Waals surface area contributed by atoms with E-state index in [4.69, 9.17) is 27.9 Å².